The summed E-state index contributed by atoms with van der Waals surface area (Å²) in [6.45, 7) is 0.279. The summed E-state index contributed by atoms with van der Waals surface area (Å²) < 4.78 is 32.1. The van der Waals surface area contributed by atoms with E-state index in [1.165, 1.54) is 24.3 Å². The average molecular weight is 259 g/mol. The van der Waals surface area contributed by atoms with Gasteiger partial charge in [0, 0.05) is 17.5 Å². The minimum Gasteiger partial charge on any atom is -0.456 e. The van der Waals surface area contributed by atoms with Crippen LogP contribution in [0.2, 0.25) is 0 Å². The van der Waals surface area contributed by atoms with E-state index in [1.54, 1.807) is 18.2 Å². The molecule has 0 fully saturated rings. The first-order chi connectivity index (χ1) is 9.17. The Hall–Kier alpha value is -2.20. The molecule has 3 rings (SSSR count). The molecule has 4 heteroatoms. The summed E-state index contributed by atoms with van der Waals surface area (Å²) in [6.07, 6.45) is 0. The minimum absolute atomic E-state index is 0.279. The summed E-state index contributed by atoms with van der Waals surface area (Å²) in [5, 5.41) is 0.641. The molecule has 0 amide bonds. The first-order valence-corrected chi connectivity index (χ1v) is 5.85. The number of halogens is 2. The van der Waals surface area contributed by atoms with E-state index in [2.05, 4.69) is 0 Å². The van der Waals surface area contributed by atoms with Crippen molar-refractivity contribution < 1.29 is 13.2 Å². The van der Waals surface area contributed by atoms with Crippen LogP contribution in [0.4, 0.5) is 8.78 Å². The monoisotopic (exact) mass is 259 g/mol. The fourth-order valence-corrected chi connectivity index (χ4v) is 2.10. The lowest BCUT2D eigenvalue weighted by molar-refractivity contribution is 0.613. The molecule has 0 saturated carbocycles. The summed E-state index contributed by atoms with van der Waals surface area (Å²) in [6, 6.07) is 10.3. The maximum absolute atomic E-state index is 13.3. The quantitative estimate of drug-likeness (QED) is 0.759. The van der Waals surface area contributed by atoms with Crippen molar-refractivity contribution in [1.29, 1.82) is 0 Å². The lowest BCUT2D eigenvalue weighted by Gasteiger charge is -2.04. The number of furan rings is 1. The van der Waals surface area contributed by atoms with E-state index < -0.39 is 0 Å². The molecule has 0 unspecified atom stereocenters. The molecule has 2 aromatic carbocycles. The Balaban J connectivity index is 2.21. The third kappa shape index (κ3) is 2.11. The van der Waals surface area contributed by atoms with Gasteiger partial charge in [-0.15, -0.1) is 0 Å². The number of nitrogens with two attached hydrogens (primary N) is 1. The smallest absolute Gasteiger partial charge is 0.135 e. The highest BCUT2D eigenvalue weighted by Gasteiger charge is 2.11. The Morgan fingerprint density at radius 1 is 0.947 bits per heavy atom. The van der Waals surface area contributed by atoms with Crippen molar-refractivity contribution in [3.05, 3.63) is 59.7 Å². The molecule has 0 aliphatic carbocycles. The maximum atomic E-state index is 13.3. The third-order valence-corrected chi connectivity index (χ3v) is 3.04. The minimum atomic E-state index is -0.362. The second-order valence-corrected chi connectivity index (χ2v) is 4.30. The van der Waals surface area contributed by atoms with E-state index in [9.17, 15) is 8.78 Å². The number of benzene rings is 2. The molecule has 1 aromatic heterocycles. The van der Waals surface area contributed by atoms with Crippen LogP contribution in [0.1, 0.15) is 5.56 Å². The standard InChI is InChI=1S/C15H11F2NO/c16-11-3-4-14-10(5-11)6-15(19-14)13-7-12(17)2-1-9(13)8-18/h1-7H,8,18H2. The number of fused-ring (bicyclic) bond motifs is 1. The zero-order valence-corrected chi connectivity index (χ0v) is 9.99. The van der Waals surface area contributed by atoms with Gasteiger partial charge in [0.2, 0.25) is 0 Å². The van der Waals surface area contributed by atoms with E-state index in [4.69, 9.17) is 10.2 Å². The third-order valence-electron chi connectivity index (χ3n) is 3.04. The van der Waals surface area contributed by atoms with Crippen molar-refractivity contribution in [1.82, 2.24) is 0 Å². The molecule has 96 valence electrons. The Labute approximate surface area is 108 Å². The fourth-order valence-electron chi connectivity index (χ4n) is 2.10. The van der Waals surface area contributed by atoms with Crippen LogP contribution in [0.3, 0.4) is 0 Å². The first kappa shape index (κ1) is 11.9. The molecule has 2 nitrogen and oxygen atoms in total. The molecule has 0 atom stereocenters. The summed E-state index contributed by atoms with van der Waals surface area (Å²) >= 11 is 0. The first-order valence-electron chi connectivity index (χ1n) is 5.85. The number of hydrogen-bond acceptors (Lipinski definition) is 2. The van der Waals surface area contributed by atoms with Gasteiger partial charge in [-0.1, -0.05) is 6.07 Å². The zero-order chi connectivity index (χ0) is 13.4. The Bertz CT molecular complexity index is 749. The predicted octanol–water partition coefficient (Wildman–Crippen LogP) is 3.84. The van der Waals surface area contributed by atoms with Gasteiger partial charge in [0.15, 0.2) is 0 Å². The normalized spacial score (nSPS) is 11.1. The number of hydrogen-bond donors (Lipinski definition) is 1. The summed E-state index contributed by atoms with van der Waals surface area (Å²) in [4.78, 5) is 0. The highest BCUT2D eigenvalue weighted by atomic mass is 19.1. The van der Waals surface area contributed by atoms with Gasteiger partial charge in [-0.05, 0) is 42.0 Å². The molecular weight excluding hydrogens is 248 g/mol. The van der Waals surface area contributed by atoms with Gasteiger partial charge in [-0.3, -0.25) is 0 Å². The van der Waals surface area contributed by atoms with Gasteiger partial charge in [0.05, 0.1) is 0 Å². The molecule has 19 heavy (non-hydrogen) atoms. The summed E-state index contributed by atoms with van der Waals surface area (Å²) in [5.41, 5.74) is 7.57. The van der Waals surface area contributed by atoms with Crippen molar-refractivity contribution >= 4 is 11.0 Å². The summed E-state index contributed by atoms with van der Waals surface area (Å²) in [5.74, 6) is -0.211. The van der Waals surface area contributed by atoms with E-state index in [0.717, 1.165) is 5.56 Å². The molecular formula is C15H11F2NO. The van der Waals surface area contributed by atoms with Crippen molar-refractivity contribution in [2.45, 2.75) is 6.54 Å². The Kier molecular flexibility index (Phi) is 2.80. The van der Waals surface area contributed by atoms with Crippen LogP contribution in [-0.4, -0.2) is 0 Å². The van der Waals surface area contributed by atoms with E-state index >= 15 is 0 Å². The van der Waals surface area contributed by atoms with Crippen LogP contribution in [0.15, 0.2) is 46.9 Å². The van der Waals surface area contributed by atoms with E-state index in [-0.39, 0.29) is 18.2 Å². The van der Waals surface area contributed by atoms with Crippen molar-refractivity contribution in [3.63, 3.8) is 0 Å². The molecule has 0 radical (unpaired) electrons. The van der Waals surface area contributed by atoms with E-state index in [1.807, 2.05) is 0 Å². The molecule has 0 bridgehead atoms. The van der Waals surface area contributed by atoms with Crippen molar-refractivity contribution in [3.8, 4) is 11.3 Å². The van der Waals surface area contributed by atoms with E-state index in [0.29, 0.717) is 22.3 Å². The molecule has 2 N–H and O–H groups in total. The van der Waals surface area contributed by atoms with Crippen molar-refractivity contribution in [2.75, 3.05) is 0 Å². The average Bonchev–Trinajstić information content (AvgIpc) is 2.81. The van der Waals surface area contributed by atoms with Crippen LogP contribution in [-0.2, 0) is 6.54 Å². The fraction of sp³-hybridized carbons (Fsp3) is 0.0667. The van der Waals surface area contributed by atoms with Crippen LogP contribution >= 0.6 is 0 Å². The van der Waals surface area contributed by atoms with Crippen LogP contribution in [0, 0.1) is 11.6 Å². The topological polar surface area (TPSA) is 39.2 Å². The van der Waals surface area contributed by atoms with Gasteiger partial charge in [0.1, 0.15) is 23.0 Å². The largest absolute Gasteiger partial charge is 0.456 e. The van der Waals surface area contributed by atoms with Crippen LogP contribution in [0.5, 0.6) is 0 Å². The lowest BCUT2D eigenvalue weighted by atomic mass is 10.0. The van der Waals surface area contributed by atoms with Gasteiger partial charge < -0.3 is 10.2 Å². The van der Waals surface area contributed by atoms with Gasteiger partial charge in [-0.25, -0.2) is 8.78 Å². The van der Waals surface area contributed by atoms with Crippen molar-refractivity contribution in [2.24, 2.45) is 5.73 Å². The molecule has 0 spiro atoms. The van der Waals surface area contributed by atoms with Gasteiger partial charge in [0.25, 0.3) is 0 Å². The second-order valence-electron chi connectivity index (χ2n) is 4.30. The van der Waals surface area contributed by atoms with Gasteiger partial charge in [-0.2, -0.15) is 0 Å². The molecule has 0 saturated heterocycles. The zero-order valence-electron chi connectivity index (χ0n) is 9.99. The molecule has 1 heterocycles. The number of rotatable bonds is 2. The highest BCUT2D eigenvalue weighted by Crippen LogP contribution is 2.31. The van der Waals surface area contributed by atoms with Gasteiger partial charge >= 0.3 is 0 Å². The van der Waals surface area contributed by atoms with Crippen LogP contribution < -0.4 is 5.73 Å². The Morgan fingerprint density at radius 3 is 2.47 bits per heavy atom. The Morgan fingerprint density at radius 2 is 1.68 bits per heavy atom. The molecule has 0 aliphatic rings. The SMILES string of the molecule is NCc1ccc(F)cc1-c1cc2cc(F)ccc2o1. The molecule has 0 aliphatic heterocycles. The maximum Gasteiger partial charge on any atom is 0.135 e. The molecule has 3 aromatic rings. The predicted molar refractivity (Wildman–Crippen MR) is 69.5 cm³/mol. The summed E-state index contributed by atoms with van der Waals surface area (Å²) in [7, 11) is 0. The highest BCUT2D eigenvalue weighted by molar-refractivity contribution is 5.83. The lowest BCUT2D eigenvalue weighted by Crippen LogP contribution is -1.98. The van der Waals surface area contributed by atoms with Crippen LogP contribution in [0.25, 0.3) is 22.3 Å². The second kappa shape index (κ2) is 4.48.